The minimum absolute atomic E-state index is 0.292. The Morgan fingerprint density at radius 1 is 1.06 bits per heavy atom. The van der Waals surface area contributed by atoms with Crippen molar-refractivity contribution in [1.82, 2.24) is 14.9 Å². The van der Waals surface area contributed by atoms with Crippen molar-refractivity contribution in [2.24, 2.45) is 0 Å². The molecule has 2 aromatic carbocycles. The second-order valence-electron chi connectivity index (χ2n) is 8.64. The van der Waals surface area contributed by atoms with Crippen molar-refractivity contribution < 1.29 is 9.47 Å². The summed E-state index contributed by atoms with van der Waals surface area (Å²) in [6, 6.07) is 12.1. The van der Waals surface area contributed by atoms with Crippen molar-refractivity contribution in [3.63, 3.8) is 0 Å². The Bertz CT molecular complexity index is 1220. The average molecular weight is 478 g/mol. The van der Waals surface area contributed by atoms with Crippen LogP contribution >= 0.6 is 11.6 Å². The smallest absolute Gasteiger partial charge is 0.243 e. The SMILES string of the molecule is C=C1CCc2cccc(Oc3nc(Nc4ccc(N5CCN(C)CC5)cc4OC)ncc3Cl)c21. The number of nitrogens with one attached hydrogen (secondary N) is 1. The van der Waals surface area contributed by atoms with E-state index in [2.05, 4.69) is 50.8 Å². The molecule has 1 N–H and O–H groups in total. The highest BCUT2D eigenvalue weighted by atomic mass is 35.5. The molecular formula is C26H28ClN5O2. The number of ether oxygens (including phenoxy) is 2. The first-order chi connectivity index (χ1) is 16.5. The molecule has 34 heavy (non-hydrogen) atoms. The zero-order chi connectivity index (χ0) is 23.7. The van der Waals surface area contributed by atoms with Gasteiger partial charge in [0.1, 0.15) is 16.5 Å². The number of aryl methyl sites for hydroxylation is 1. The van der Waals surface area contributed by atoms with Gasteiger partial charge >= 0.3 is 0 Å². The van der Waals surface area contributed by atoms with Crippen LogP contribution < -0.4 is 19.7 Å². The first-order valence-corrected chi connectivity index (χ1v) is 11.8. The lowest BCUT2D eigenvalue weighted by Crippen LogP contribution is -2.44. The van der Waals surface area contributed by atoms with Crippen LogP contribution in [-0.2, 0) is 6.42 Å². The molecule has 0 saturated carbocycles. The lowest BCUT2D eigenvalue weighted by Gasteiger charge is -2.34. The molecule has 5 rings (SSSR count). The third kappa shape index (κ3) is 4.54. The molecule has 0 spiro atoms. The number of rotatable bonds is 6. The molecule has 1 aliphatic heterocycles. The van der Waals surface area contributed by atoms with Crippen LogP contribution in [0.3, 0.4) is 0 Å². The minimum Gasteiger partial charge on any atom is -0.494 e. The minimum atomic E-state index is 0.292. The largest absolute Gasteiger partial charge is 0.494 e. The molecule has 7 nitrogen and oxygen atoms in total. The number of nitrogens with zero attached hydrogens (tertiary/aromatic N) is 4. The van der Waals surface area contributed by atoms with Gasteiger partial charge < -0.3 is 24.6 Å². The molecule has 0 atom stereocenters. The van der Waals surface area contributed by atoms with Gasteiger partial charge in [-0.05, 0) is 49.2 Å². The number of piperazine rings is 1. The Hall–Kier alpha value is -3.29. The van der Waals surface area contributed by atoms with Crippen LogP contribution in [-0.4, -0.2) is 55.2 Å². The quantitative estimate of drug-likeness (QED) is 0.511. The number of aromatic nitrogens is 2. The maximum absolute atomic E-state index is 6.38. The summed E-state index contributed by atoms with van der Waals surface area (Å²) in [4.78, 5) is 13.6. The van der Waals surface area contributed by atoms with Crippen molar-refractivity contribution in [3.8, 4) is 17.4 Å². The van der Waals surface area contributed by atoms with E-state index in [9.17, 15) is 0 Å². The average Bonchev–Trinajstić information content (AvgIpc) is 3.23. The third-order valence-corrected chi connectivity index (χ3v) is 6.64. The highest BCUT2D eigenvalue weighted by Crippen LogP contribution is 2.40. The molecule has 2 heterocycles. The van der Waals surface area contributed by atoms with E-state index >= 15 is 0 Å². The van der Waals surface area contributed by atoms with Crippen molar-refractivity contribution in [2.75, 3.05) is 50.6 Å². The van der Waals surface area contributed by atoms with Crippen molar-refractivity contribution in [3.05, 3.63) is 65.3 Å². The molecule has 3 aromatic rings. The van der Waals surface area contributed by atoms with Gasteiger partial charge in [0.2, 0.25) is 11.8 Å². The summed E-state index contributed by atoms with van der Waals surface area (Å²) in [5.74, 6) is 2.09. The number of likely N-dealkylation sites (N-methyl/N-ethyl adjacent to an activating group) is 1. The topological polar surface area (TPSA) is 62.8 Å². The monoisotopic (exact) mass is 477 g/mol. The van der Waals surface area contributed by atoms with Crippen LogP contribution in [0.15, 0.2) is 49.2 Å². The zero-order valence-electron chi connectivity index (χ0n) is 19.5. The Morgan fingerprint density at radius 2 is 1.88 bits per heavy atom. The summed E-state index contributed by atoms with van der Waals surface area (Å²) in [7, 11) is 3.81. The fraction of sp³-hybridized carbons (Fsp3) is 0.308. The van der Waals surface area contributed by atoms with E-state index in [1.165, 1.54) is 11.8 Å². The van der Waals surface area contributed by atoms with Gasteiger partial charge in [0.15, 0.2) is 0 Å². The maximum atomic E-state index is 6.38. The molecule has 1 aromatic heterocycles. The van der Waals surface area contributed by atoms with E-state index in [-0.39, 0.29) is 0 Å². The number of fused-ring (bicyclic) bond motifs is 1. The Labute approximate surface area is 205 Å². The van der Waals surface area contributed by atoms with E-state index in [4.69, 9.17) is 21.1 Å². The fourth-order valence-corrected chi connectivity index (χ4v) is 4.56. The number of hydrogen-bond donors (Lipinski definition) is 1. The van der Waals surface area contributed by atoms with Gasteiger partial charge in [-0.3, -0.25) is 0 Å². The van der Waals surface area contributed by atoms with Crippen LogP contribution in [0.2, 0.25) is 5.02 Å². The van der Waals surface area contributed by atoms with Gasteiger partial charge in [0.25, 0.3) is 0 Å². The van der Waals surface area contributed by atoms with E-state index < -0.39 is 0 Å². The zero-order valence-corrected chi connectivity index (χ0v) is 20.2. The molecule has 8 heteroatoms. The number of anilines is 3. The van der Waals surface area contributed by atoms with E-state index in [0.717, 1.165) is 67.3 Å². The standard InChI is InChI=1S/C26H28ClN5O2/c1-17-7-8-18-5-4-6-22(24(17)18)34-25-20(27)16-28-26(30-25)29-21-10-9-19(15-23(21)33-3)32-13-11-31(2)12-14-32/h4-6,9-10,15-16H,1,7-8,11-14H2,2-3H3,(H,28,29,30). The summed E-state index contributed by atoms with van der Waals surface area (Å²) in [5.41, 5.74) is 5.25. The van der Waals surface area contributed by atoms with Crippen molar-refractivity contribution in [1.29, 1.82) is 0 Å². The van der Waals surface area contributed by atoms with Gasteiger partial charge in [0, 0.05) is 43.5 Å². The number of benzene rings is 2. The van der Waals surface area contributed by atoms with Gasteiger partial charge in [-0.1, -0.05) is 30.3 Å². The predicted octanol–water partition coefficient (Wildman–Crippen LogP) is 5.39. The normalized spacial score (nSPS) is 15.9. The molecule has 1 aliphatic carbocycles. The maximum Gasteiger partial charge on any atom is 0.243 e. The second kappa shape index (κ2) is 9.52. The fourth-order valence-electron chi connectivity index (χ4n) is 4.43. The van der Waals surface area contributed by atoms with Crippen molar-refractivity contribution in [2.45, 2.75) is 12.8 Å². The number of methoxy groups -OCH3 is 1. The number of allylic oxidation sites excluding steroid dienone is 1. The van der Waals surface area contributed by atoms with Crippen LogP contribution in [0.4, 0.5) is 17.3 Å². The summed E-state index contributed by atoms with van der Waals surface area (Å²) in [6.07, 6.45) is 3.44. The summed E-state index contributed by atoms with van der Waals surface area (Å²) in [5, 5.41) is 3.58. The lowest BCUT2D eigenvalue weighted by atomic mass is 10.1. The Kier molecular flexibility index (Phi) is 6.30. The first-order valence-electron chi connectivity index (χ1n) is 11.4. The Balaban J connectivity index is 1.37. The summed E-state index contributed by atoms with van der Waals surface area (Å²) < 4.78 is 11.8. The third-order valence-electron chi connectivity index (χ3n) is 6.38. The van der Waals surface area contributed by atoms with E-state index in [1.54, 1.807) is 7.11 Å². The number of hydrogen-bond acceptors (Lipinski definition) is 7. The van der Waals surface area contributed by atoms with Gasteiger partial charge in [-0.15, -0.1) is 0 Å². The van der Waals surface area contributed by atoms with Gasteiger partial charge in [-0.25, -0.2) is 4.98 Å². The Morgan fingerprint density at radius 3 is 2.68 bits per heavy atom. The van der Waals surface area contributed by atoms with Crippen LogP contribution in [0.1, 0.15) is 17.5 Å². The molecular weight excluding hydrogens is 450 g/mol. The van der Waals surface area contributed by atoms with Crippen LogP contribution in [0, 0.1) is 0 Å². The number of halogens is 1. The lowest BCUT2D eigenvalue weighted by molar-refractivity contribution is 0.312. The highest BCUT2D eigenvalue weighted by molar-refractivity contribution is 6.31. The first kappa shape index (κ1) is 22.5. The molecule has 0 radical (unpaired) electrons. The molecule has 0 bridgehead atoms. The molecule has 0 unspecified atom stereocenters. The molecule has 1 fully saturated rings. The van der Waals surface area contributed by atoms with Crippen LogP contribution in [0.5, 0.6) is 17.4 Å². The highest BCUT2D eigenvalue weighted by Gasteiger charge is 2.21. The summed E-state index contributed by atoms with van der Waals surface area (Å²) >= 11 is 6.38. The van der Waals surface area contributed by atoms with Gasteiger partial charge in [0.05, 0.1) is 19.0 Å². The van der Waals surface area contributed by atoms with E-state index in [1.807, 2.05) is 24.3 Å². The molecule has 0 amide bonds. The molecule has 1 saturated heterocycles. The molecule has 176 valence electrons. The van der Waals surface area contributed by atoms with Crippen LogP contribution in [0.25, 0.3) is 5.57 Å². The summed E-state index contributed by atoms with van der Waals surface area (Å²) in [6.45, 7) is 8.24. The van der Waals surface area contributed by atoms with Gasteiger partial charge in [-0.2, -0.15) is 4.98 Å². The predicted molar refractivity (Wildman–Crippen MR) is 137 cm³/mol. The second-order valence-corrected chi connectivity index (χ2v) is 9.05. The van der Waals surface area contributed by atoms with E-state index in [0.29, 0.717) is 22.6 Å². The molecule has 2 aliphatic rings. The van der Waals surface area contributed by atoms with Crippen molar-refractivity contribution >= 4 is 34.5 Å².